The molecule has 0 saturated heterocycles. The number of aromatic nitrogens is 2. The van der Waals surface area contributed by atoms with Gasteiger partial charge in [0.15, 0.2) is 5.78 Å². The number of ketones is 1. The van der Waals surface area contributed by atoms with Crippen LogP contribution < -0.4 is 16.6 Å². The fourth-order valence-electron chi connectivity index (χ4n) is 4.41. The summed E-state index contributed by atoms with van der Waals surface area (Å²) in [4.78, 5) is 41.6. The van der Waals surface area contributed by atoms with E-state index in [-0.39, 0.29) is 24.5 Å². The van der Waals surface area contributed by atoms with E-state index in [4.69, 9.17) is 27.9 Å². The average Bonchev–Trinajstić information content (AvgIpc) is 3.05. The molecule has 2 N–H and O–H groups in total. The van der Waals surface area contributed by atoms with Crippen molar-refractivity contribution >= 4 is 40.5 Å². The third-order valence-corrected chi connectivity index (χ3v) is 6.37. The first-order valence-corrected chi connectivity index (χ1v) is 10.6. The summed E-state index contributed by atoms with van der Waals surface area (Å²) in [5.74, 6) is -0.669. The molecule has 3 aromatic rings. The average molecular weight is 470 g/mol. The summed E-state index contributed by atoms with van der Waals surface area (Å²) in [6, 6.07) is 12.1. The zero-order valence-electron chi connectivity index (χ0n) is 16.9. The van der Waals surface area contributed by atoms with Gasteiger partial charge in [-0.05, 0) is 17.7 Å². The Labute approximate surface area is 192 Å². The van der Waals surface area contributed by atoms with E-state index in [0.29, 0.717) is 43.8 Å². The molecule has 0 saturated carbocycles. The highest BCUT2D eigenvalue weighted by atomic mass is 35.5. The van der Waals surface area contributed by atoms with Gasteiger partial charge in [0, 0.05) is 33.9 Å². The van der Waals surface area contributed by atoms with Crippen molar-refractivity contribution in [3.8, 4) is 0 Å². The van der Waals surface area contributed by atoms with Gasteiger partial charge in [-0.1, -0.05) is 53.5 Å². The summed E-state index contributed by atoms with van der Waals surface area (Å²) < 4.78 is 6.55. The third-order valence-electron chi connectivity index (χ3n) is 5.80. The maximum Gasteiger partial charge on any atom is 0.330 e. The SMILES string of the molecule is COCCn1c2c(c(=O)[nH]c1=O)C(c1ccc(Cl)cc1Cl)C1=C(N2)c2ccccc2C1=O. The monoisotopic (exact) mass is 469 g/mol. The lowest BCUT2D eigenvalue weighted by Crippen LogP contribution is -2.39. The molecule has 9 heteroatoms. The fraction of sp³-hybridized carbons (Fsp3) is 0.174. The molecule has 0 radical (unpaired) electrons. The van der Waals surface area contributed by atoms with Crippen LogP contribution in [0.4, 0.5) is 5.82 Å². The first-order chi connectivity index (χ1) is 15.4. The molecule has 1 aliphatic carbocycles. The fourth-order valence-corrected chi connectivity index (χ4v) is 4.92. The first-order valence-electron chi connectivity index (χ1n) is 9.88. The van der Waals surface area contributed by atoms with Gasteiger partial charge in [-0.15, -0.1) is 0 Å². The number of nitrogens with one attached hydrogen (secondary N) is 2. The number of benzene rings is 2. The van der Waals surface area contributed by atoms with Gasteiger partial charge in [-0.3, -0.25) is 19.1 Å². The number of methoxy groups -OCH3 is 1. The van der Waals surface area contributed by atoms with E-state index in [1.54, 1.807) is 30.3 Å². The predicted molar refractivity (Wildman–Crippen MR) is 123 cm³/mol. The highest BCUT2D eigenvalue weighted by Crippen LogP contribution is 2.49. The molecule has 1 unspecified atom stereocenters. The molecule has 7 nitrogen and oxygen atoms in total. The Bertz CT molecular complexity index is 1440. The van der Waals surface area contributed by atoms with Gasteiger partial charge in [0.1, 0.15) is 5.82 Å². The standard InChI is InChI=1S/C23H17Cl2N3O4/c1-32-9-8-28-21-18(22(30)27-23(28)31)16(14-7-6-11(24)10-15(14)25)17-19(26-21)12-4-2-3-5-13(12)20(17)29/h2-7,10,16,26H,8-9H2,1H3,(H,27,30,31). The molecule has 0 amide bonds. The molecular weight excluding hydrogens is 453 g/mol. The number of halogens is 2. The van der Waals surface area contributed by atoms with Crippen LogP contribution in [0.15, 0.2) is 57.6 Å². The van der Waals surface area contributed by atoms with E-state index < -0.39 is 17.2 Å². The number of H-pyrrole nitrogens is 1. The lowest BCUT2D eigenvalue weighted by Gasteiger charge is -2.30. The number of allylic oxidation sites excluding steroid dienone is 1. The summed E-state index contributed by atoms with van der Waals surface area (Å²) >= 11 is 12.6. The van der Waals surface area contributed by atoms with Crippen LogP contribution in [0.3, 0.4) is 0 Å². The van der Waals surface area contributed by atoms with Crippen LogP contribution in [0.1, 0.15) is 33.0 Å². The predicted octanol–water partition coefficient (Wildman–Crippen LogP) is 3.65. The summed E-state index contributed by atoms with van der Waals surface area (Å²) in [5, 5.41) is 3.96. The molecule has 32 heavy (non-hydrogen) atoms. The van der Waals surface area contributed by atoms with Gasteiger partial charge < -0.3 is 10.1 Å². The normalized spacial score (nSPS) is 16.5. The van der Waals surface area contributed by atoms with E-state index in [1.165, 1.54) is 11.7 Å². The van der Waals surface area contributed by atoms with Crippen molar-refractivity contribution in [1.29, 1.82) is 0 Å². The maximum atomic E-state index is 13.5. The molecule has 162 valence electrons. The minimum atomic E-state index is -0.788. The third kappa shape index (κ3) is 3.04. The van der Waals surface area contributed by atoms with Crippen LogP contribution >= 0.6 is 23.2 Å². The quantitative estimate of drug-likeness (QED) is 0.608. The van der Waals surface area contributed by atoms with Crippen LogP contribution in [-0.4, -0.2) is 29.1 Å². The van der Waals surface area contributed by atoms with Crippen LogP contribution in [0.5, 0.6) is 0 Å². The number of hydrogen-bond donors (Lipinski definition) is 2. The van der Waals surface area contributed by atoms with Crippen molar-refractivity contribution in [3.05, 3.63) is 101 Å². The lowest BCUT2D eigenvalue weighted by atomic mass is 9.81. The number of nitrogens with zero attached hydrogens (tertiary/aromatic N) is 1. The van der Waals surface area contributed by atoms with Gasteiger partial charge in [-0.2, -0.15) is 0 Å². The van der Waals surface area contributed by atoms with Crippen LogP contribution in [-0.2, 0) is 11.3 Å². The van der Waals surface area contributed by atoms with Gasteiger partial charge in [-0.25, -0.2) is 4.79 Å². The highest BCUT2D eigenvalue weighted by molar-refractivity contribution is 6.35. The van der Waals surface area contributed by atoms with Crippen molar-refractivity contribution < 1.29 is 9.53 Å². The number of anilines is 1. The van der Waals surface area contributed by atoms with Crippen LogP contribution in [0.2, 0.25) is 10.0 Å². The van der Waals surface area contributed by atoms with Crippen molar-refractivity contribution in [2.45, 2.75) is 12.5 Å². The van der Waals surface area contributed by atoms with E-state index in [2.05, 4.69) is 10.3 Å². The summed E-state index contributed by atoms with van der Waals surface area (Å²) in [7, 11) is 1.53. The molecule has 2 heterocycles. The number of rotatable bonds is 4. The summed E-state index contributed by atoms with van der Waals surface area (Å²) in [6.07, 6.45) is 0. The molecule has 1 atom stereocenters. The maximum absolute atomic E-state index is 13.5. The number of ether oxygens (including phenoxy) is 1. The molecule has 2 aliphatic rings. The van der Waals surface area contributed by atoms with Gasteiger partial charge in [0.05, 0.1) is 30.3 Å². The van der Waals surface area contributed by atoms with Crippen molar-refractivity contribution in [2.24, 2.45) is 0 Å². The molecule has 2 aromatic carbocycles. The van der Waals surface area contributed by atoms with Crippen molar-refractivity contribution in [3.63, 3.8) is 0 Å². The molecule has 0 bridgehead atoms. The van der Waals surface area contributed by atoms with Crippen LogP contribution in [0, 0.1) is 0 Å². The van der Waals surface area contributed by atoms with Gasteiger partial charge >= 0.3 is 5.69 Å². The number of carbonyl (C=O) groups excluding carboxylic acids is 1. The van der Waals surface area contributed by atoms with Gasteiger partial charge in [0.25, 0.3) is 5.56 Å². The number of hydrogen-bond acceptors (Lipinski definition) is 5. The number of carbonyl (C=O) groups is 1. The molecule has 1 aliphatic heterocycles. The zero-order valence-corrected chi connectivity index (χ0v) is 18.4. The molecule has 0 spiro atoms. The minimum absolute atomic E-state index is 0.196. The van der Waals surface area contributed by atoms with Crippen LogP contribution in [0.25, 0.3) is 5.70 Å². The Hall–Kier alpha value is -3.13. The van der Waals surface area contributed by atoms with Crippen molar-refractivity contribution in [1.82, 2.24) is 9.55 Å². The van der Waals surface area contributed by atoms with Crippen molar-refractivity contribution in [2.75, 3.05) is 19.0 Å². The van der Waals surface area contributed by atoms with E-state index >= 15 is 0 Å². The number of aromatic amines is 1. The summed E-state index contributed by atoms with van der Waals surface area (Å²) in [6.45, 7) is 0.467. The summed E-state index contributed by atoms with van der Waals surface area (Å²) in [5.41, 5.74) is 1.84. The largest absolute Gasteiger partial charge is 0.383 e. The number of Topliss-reactive ketones (excluding diaryl/α,β-unsaturated/α-hetero) is 1. The number of fused-ring (bicyclic) bond motifs is 3. The molecular formula is C23H17Cl2N3O4. The van der Waals surface area contributed by atoms with E-state index in [9.17, 15) is 14.4 Å². The second kappa shape index (κ2) is 7.78. The Balaban J connectivity index is 1.85. The minimum Gasteiger partial charge on any atom is -0.383 e. The Kier molecular flexibility index (Phi) is 5.04. The molecule has 0 fully saturated rings. The molecule has 1 aromatic heterocycles. The van der Waals surface area contributed by atoms with E-state index in [1.807, 2.05) is 12.1 Å². The topological polar surface area (TPSA) is 93.2 Å². The highest BCUT2D eigenvalue weighted by Gasteiger charge is 2.43. The van der Waals surface area contributed by atoms with E-state index in [0.717, 1.165) is 0 Å². The second-order valence-corrected chi connectivity index (χ2v) is 8.40. The molecule has 5 rings (SSSR count). The second-order valence-electron chi connectivity index (χ2n) is 7.55. The Morgan fingerprint density at radius 3 is 2.53 bits per heavy atom. The first kappa shape index (κ1) is 20.8. The smallest absolute Gasteiger partial charge is 0.330 e. The lowest BCUT2D eigenvalue weighted by molar-refractivity contribution is 0.103. The zero-order chi connectivity index (χ0) is 22.6. The Morgan fingerprint density at radius 2 is 1.81 bits per heavy atom. The Morgan fingerprint density at radius 1 is 1.06 bits per heavy atom. The van der Waals surface area contributed by atoms with Gasteiger partial charge in [0.2, 0.25) is 0 Å².